The fourth-order valence-corrected chi connectivity index (χ4v) is 5.40. The zero-order chi connectivity index (χ0) is 17.8. The highest BCUT2D eigenvalue weighted by Crippen LogP contribution is 2.64. The lowest BCUT2D eigenvalue weighted by molar-refractivity contribution is 0.0606. The predicted octanol–water partition coefficient (Wildman–Crippen LogP) is 6.72. The van der Waals surface area contributed by atoms with Crippen LogP contribution >= 0.6 is 0 Å². The number of allylic oxidation sites excluding steroid dienone is 2. The molecule has 1 saturated carbocycles. The van der Waals surface area contributed by atoms with Gasteiger partial charge in [-0.15, -0.1) is 5.92 Å². The van der Waals surface area contributed by atoms with Gasteiger partial charge in [-0.3, -0.25) is 0 Å². The molecule has 0 bridgehead atoms. The molecule has 0 aromatic carbocycles. The molecule has 0 spiro atoms. The van der Waals surface area contributed by atoms with Crippen molar-refractivity contribution in [2.45, 2.75) is 80.6 Å². The SMILES string of the molecule is CCC1(CC(C)C(C)(C)C(C)CC2C=C2)CC#CC(C)(C)C2CC21. The smallest absolute Gasteiger partial charge is 0.0289 e. The van der Waals surface area contributed by atoms with Crippen LogP contribution in [0.5, 0.6) is 0 Å². The summed E-state index contributed by atoms with van der Waals surface area (Å²) in [5, 5.41) is 0. The summed E-state index contributed by atoms with van der Waals surface area (Å²) in [6, 6.07) is 0. The Kier molecular flexibility index (Phi) is 4.47. The number of fused-ring (bicyclic) bond motifs is 1. The Bertz CT molecular complexity index is 561. The molecule has 0 N–H and O–H groups in total. The van der Waals surface area contributed by atoms with Crippen LogP contribution in [-0.2, 0) is 0 Å². The van der Waals surface area contributed by atoms with E-state index in [-0.39, 0.29) is 5.41 Å². The minimum Gasteiger partial charge on any atom is -0.102 e. The minimum atomic E-state index is 0.241. The van der Waals surface area contributed by atoms with Crippen LogP contribution in [0.2, 0.25) is 0 Å². The largest absolute Gasteiger partial charge is 0.102 e. The van der Waals surface area contributed by atoms with Gasteiger partial charge < -0.3 is 0 Å². The van der Waals surface area contributed by atoms with E-state index in [1.54, 1.807) is 0 Å². The minimum absolute atomic E-state index is 0.241. The lowest BCUT2D eigenvalue weighted by atomic mass is 9.61. The second-order valence-electron chi connectivity index (χ2n) is 10.5. The van der Waals surface area contributed by atoms with Crippen molar-refractivity contribution in [1.82, 2.24) is 0 Å². The van der Waals surface area contributed by atoms with Crippen LogP contribution in [-0.4, -0.2) is 0 Å². The Labute approximate surface area is 150 Å². The van der Waals surface area contributed by atoms with Gasteiger partial charge in [0.25, 0.3) is 0 Å². The maximum atomic E-state index is 3.61. The molecule has 1 fully saturated rings. The van der Waals surface area contributed by atoms with Crippen LogP contribution < -0.4 is 0 Å². The van der Waals surface area contributed by atoms with Gasteiger partial charge in [0.05, 0.1) is 0 Å². The van der Waals surface area contributed by atoms with Gasteiger partial charge >= 0.3 is 0 Å². The molecule has 5 unspecified atom stereocenters. The van der Waals surface area contributed by atoms with E-state index >= 15 is 0 Å². The molecular formula is C24H38. The van der Waals surface area contributed by atoms with E-state index in [1.807, 2.05) is 0 Å². The number of hydrogen-bond donors (Lipinski definition) is 0. The lowest BCUT2D eigenvalue weighted by Gasteiger charge is -2.44. The summed E-state index contributed by atoms with van der Waals surface area (Å²) in [7, 11) is 0. The molecule has 24 heavy (non-hydrogen) atoms. The van der Waals surface area contributed by atoms with Crippen molar-refractivity contribution in [3.8, 4) is 11.8 Å². The monoisotopic (exact) mass is 326 g/mol. The summed E-state index contributed by atoms with van der Waals surface area (Å²) in [4.78, 5) is 0. The molecular weight excluding hydrogens is 288 g/mol. The van der Waals surface area contributed by atoms with Crippen LogP contribution in [0, 0.1) is 57.7 Å². The van der Waals surface area contributed by atoms with Gasteiger partial charge in [-0.05, 0) is 80.0 Å². The number of hydrogen-bond acceptors (Lipinski definition) is 0. The third-order valence-electron chi connectivity index (χ3n) is 8.40. The van der Waals surface area contributed by atoms with Gasteiger partial charge in [-0.1, -0.05) is 52.7 Å². The molecule has 3 aliphatic rings. The molecule has 0 heteroatoms. The van der Waals surface area contributed by atoms with Gasteiger partial charge in [-0.2, -0.15) is 0 Å². The van der Waals surface area contributed by atoms with Crippen molar-refractivity contribution >= 4 is 0 Å². The summed E-state index contributed by atoms with van der Waals surface area (Å²) in [5.74, 6) is 11.3. The first-order valence-corrected chi connectivity index (χ1v) is 10.3. The van der Waals surface area contributed by atoms with E-state index in [2.05, 4.69) is 72.5 Å². The van der Waals surface area contributed by atoms with Crippen molar-refractivity contribution in [1.29, 1.82) is 0 Å². The van der Waals surface area contributed by atoms with Crippen LogP contribution in [0.25, 0.3) is 0 Å². The van der Waals surface area contributed by atoms with Crippen molar-refractivity contribution in [3.63, 3.8) is 0 Å². The van der Waals surface area contributed by atoms with Gasteiger partial charge in [-0.25, -0.2) is 0 Å². The Morgan fingerprint density at radius 2 is 1.79 bits per heavy atom. The zero-order valence-electron chi connectivity index (χ0n) is 17.1. The normalized spacial score (nSPS) is 36.1. The molecule has 0 saturated heterocycles. The van der Waals surface area contributed by atoms with E-state index in [4.69, 9.17) is 0 Å². The summed E-state index contributed by atoms with van der Waals surface area (Å²) < 4.78 is 0. The van der Waals surface area contributed by atoms with Crippen molar-refractivity contribution in [2.75, 3.05) is 0 Å². The van der Waals surface area contributed by atoms with Crippen molar-refractivity contribution in [2.24, 2.45) is 45.8 Å². The predicted molar refractivity (Wildman–Crippen MR) is 104 cm³/mol. The zero-order valence-corrected chi connectivity index (χ0v) is 17.1. The molecule has 0 aliphatic heterocycles. The average Bonchev–Trinajstić information content (AvgIpc) is 3.36. The standard InChI is InChI=1S/C24H38/c1-8-24(13-9-12-22(4,5)20-15-21(20)24)16-18(3)23(6,7)17(2)14-19-10-11-19/h10-11,17-21H,8,13-16H2,1-7H3. The summed E-state index contributed by atoms with van der Waals surface area (Å²) in [6.45, 7) is 17.2. The first-order valence-electron chi connectivity index (χ1n) is 10.3. The maximum absolute atomic E-state index is 3.61. The van der Waals surface area contributed by atoms with Crippen LogP contribution in [0.4, 0.5) is 0 Å². The quantitative estimate of drug-likeness (QED) is 0.360. The molecule has 3 aliphatic carbocycles. The van der Waals surface area contributed by atoms with Gasteiger partial charge in [0.2, 0.25) is 0 Å². The molecule has 0 heterocycles. The molecule has 0 amide bonds. The Hall–Kier alpha value is -0.700. The second-order valence-corrected chi connectivity index (χ2v) is 10.5. The fourth-order valence-electron chi connectivity index (χ4n) is 5.40. The van der Waals surface area contributed by atoms with E-state index < -0.39 is 0 Å². The first-order chi connectivity index (χ1) is 11.1. The fraction of sp³-hybridized carbons (Fsp3) is 0.833. The summed E-state index contributed by atoms with van der Waals surface area (Å²) >= 11 is 0. The van der Waals surface area contributed by atoms with Crippen molar-refractivity contribution in [3.05, 3.63) is 12.2 Å². The summed E-state index contributed by atoms with van der Waals surface area (Å²) in [5.41, 5.74) is 1.12. The van der Waals surface area contributed by atoms with Crippen LogP contribution in [0.15, 0.2) is 12.2 Å². The topological polar surface area (TPSA) is 0 Å². The van der Waals surface area contributed by atoms with Gasteiger partial charge in [0, 0.05) is 11.8 Å². The third kappa shape index (κ3) is 3.21. The van der Waals surface area contributed by atoms with E-state index in [1.165, 1.54) is 25.7 Å². The van der Waals surface area contributed by atoms with E-state index in [0.717, 1.165) is 36.0 Å². The highest BCUT2D eigenvalue weighted by Gasteiger charge is 2.58. The summed E-state index contributed by atoms with van der Waals surface area (Å²) in [6.07, 6.45) is 11.3. The highest BCUT2D eigenvalue weighted by atomic mass is 14.6. The first kappa shape index (κ1) is 18.1. The molecule has 0 nitrogen and oxygen atoms in total. The molecule has 0 aromatic heterocycles. The highest BCUT2D eigenvalue weighted by molar-refractivity contribution is 5.23. The average molecular weight is 327 g/mol. The molecule has 3 rings (SSSR count). The second kappa shape index (κ2) is 5.93. The maximum Gasteiger partial charge on any atom is 0.0289 e. The third-order valence-corrected chi connectivity index (χ3v) is 8.40. The Morgan fingerprint density at radius 3 is 2.38 bits per heavy atom. The van der Waals surface area contributed by atoms with Gasteiger partial charge in [0.1, 0.15) is 0 Å². The van der Waals surface area contributed by atoms with Gasteiger partial charge in [0.15, 0.2) is 0 Å². The molecule has 0 aromatic rings. The van der Waals surface area contributed by atoms with Crippen LogP contribution in [0.3, 0.4) is 0 Å². The molecule has 5 atom stereocenters. The van der Waals surface area contributed by atoms with E-state index in [0.29, 0.717) is 10.8 Å². The molecule has 134 valence electrons. The number of rotatable bonds is 7. The van der Waals surface area contributed by atoms with Crippen LogP contribution in [0.1, 0.15) is 80.6 Å². The van der Waals surface area contributed by atoms with E-state index in [9.17, 15) is 0 Å². The van der Waals surface area contributed by atoms with Crippen molar-refractivity contribution < 1.29 is 0 Å². The molecule has 0 radical (unpaired) electrons. The lowest BCUT2D eigenvalue weighted by Crippen LogP contribution is -2.36. The Balaban J connectivity index is 1.72. The Morgan fingerprint density at radius 1 is 1.12 bits per heavy atom.